The molecule has 0 aliphatic heterocycles. The summed E-state index contributed by atoms with van der Waals surface area (Å²) in [7, 11) is 0. The fraction of sp³-hybridized carbons (Fsp3) is 0.0909. The molecular formula is C22H15F3N2O2. The van der Waals surface area contributed by atoms with E-state index in [4.69, 9.17) is 0 Å². The predicted molar refractivity (Wildman–Crippen MR) is 103 cm³/mol. The molecule has 1 aromatic heterocycles. The van der Waals surface area contributed by atoms with Gasteiger partial charge in [-0.05, 0) is 35.9 Å². The van der Waals surface area contributed by atoms with Crippen LogP contribution in [-0.2, 0) is 12.7 Å². The summed E-state index contributed by atoms with van der Waals surface area (Å²) in [6, 6.07) is 19.0. The minimum absolute atomic E-state index is 0.122. The number of nitrogens with zero attached hydrogens (tertiary/aromatic N) is 2. The number of hydrogen-bond donors (Lipinski definition) is 1. The topological polar surface area (TPSA) is 55.1 Å². The minimum Gasteiger partial charge on any atom is -0.478 e. The summed E-state index contributed by atoms with van der Waals surface area (Å²) in [4.78, 5) is 15.9. The van der Waals surface area contributed by atoms with Crippen molar-refractivity contribution >= 4 is 17.0 Å². The number of rotatable bonds is 4. The number of aromatic nitrogens is 2. The van der Waals surface area contributed by atoms with Gasteiger partial charge < -0.3 is 9.67 Å². The van der Waals surface area contributed by atoms with Gasteiger partial charge in [0.2, 0.25) is 0 Å². The molecule has 0 fully saturated rings. The number of hydrogen-bond acceptors (Lipinski definition) is 2. The molecule has 0 spiro atoms. The molecule has 0 saturated carbocycles. The first-order valence-corrected chi connectivity index (χ1v) is 8.78. The Morgan fingerprint density at radius 3 is 2.28 bits per heavy atom. The summed E-state index contributed by atoms with van der Waals surface area (Å²) in [6.45, 7) is 0.297. The van der Waals surface area contributed by atoms with E-state index >= 15 is 0 Å². The molecule has 0 unspecified atom stereocenters. The molecule has 146 valence electrons. The van der Waals surface area contributed by atoms with Crippen molar-refractivity contribution in [2.75, 3.05) is 0 Å². The third kappa shape index (κ3) is 3.71. The maximum Gasteiger partial charge on any atom is 0.416 e. The Hall–Kier alpha value is -3.61. The minimum atomic E-state index is -4.39. The Balaban J connectivity index is 1.82. The van der Waals surface area contributed by atoms with Crippen molar-refractivity contribution < 1.29 is 23.1 Å². The molecule has 0 saturated heterocycles. The van der Waals surface area contributed by atoms with Crippen molar-refractivity contribution in [2.24, 2.45) is 0 Å². The summed E-state index contributed by atoms with van der Waals surface area (Å²) >= 11 is 0. The molecule has 4 nitrogen and oxygen atoms in total. The predicted octanol–water partition coefficient (Wildman–Crippen LogP) is 5.47. The second kappa shape index (κ2) is 7.09. The van der Waals surface area contributed by atoms with Crippen molar-refractivity contribution in [3.05, 3.63) is 89.5 Å². The fourth-order valence-corrected chi connectivity index (χ4v) is 3.21. The Morgan fingerprint density at radius 1 is 0.966 bits per heavy atom. The molecule has 0 atom stereocenters. The van der Waals surface area contributed by atoms with E-state index in [-0.39, 0.29) is 5.56 Å². The summed E-state index contributed by atoms with van der Waals surface area (Å²) in [5.41, 5.74) is 2.14. The van der Waals surface area contributed by atoms with Gasteiger partial charge in [0, 0.05) is 12.1 Å². The van der Waals surface area contributed by atoms with Crippen LogP contribution >= 0.6 is 0 Å². The molecule has 1 N–H and O–H groups in total. The zero-order valence-electron chi connectivity index (χ0n) is 15.0. The van der Waals surface area contributed by atoms with Crippen molar-refractivity contribution in [2.45, 2.75) is 12.7 Å². The number of fused-ring (bicyclic) bond motifs is 1. The van der Waals surface area contributed by atoms with Crippen LogP contribution in [0.2, 0.25) is 0 Å². The largest absolute Gasteiger partial charge is 0.478 e. The summed E-state index contributed by atoms with van der Waals surface area (Å²) in [6.07, 6.45) is -4.39. The second-order valence-electron chi connectivity index (χ2n) is 6.59. The third-order valence-electron chi connectivity index (χ3n) is 4.65. The Kier molecular flexibility index (Phi) is 4.58. The van der Waals surface area contributed by atoms with Crippen LogP contribution in [0.1, 0.15) is 21.5 Å². The monoisotopic (exact) mass is 396 g/mol. The number of imidazole rings is 1. The first kappa shape index (κ1) is 18.7. The van der Waals surface area contributed by atoms with E-state index < -0.39 is 17.7 Å². The molecule has 4 aromatic rings. The van der Waals surface area contributed by atoms with E-state index in [2.05, 4.69) is 4.98 Å². The molecule has 0 bridgehead atoms. The van der Waals surface area contributed by atoms with E-state index in [1.165, 1.54) is 24.3 Å². The number of carboxylic acid groups (broad SMARTS) is 1. The van der Waals surface area contributed by atoms with E-state index in [9.17, 15) is 23.1 Å². The van der Waals surface area contributed by atoms with Gasteiger partial charge in [-0.15, -0.1) is 0 Å². The normalized spacial score (nSPS) is 11.7. The van der Waals surface area contributed by atoms with E-state index in [1.54, 1.807) is 6.07 Å². The van der Waals surface area contributed by atoms with Gasteiger partial charge in [-0.25, -0.2) is 9.78 Å². The van der Waals surface area contributed by atoms with Gasteiger partial charge in [-0.3, -0.25) is 0 Å². The van der Waals surface area contributed by atoms with E-state index in [1.807, 2.05) is 34.9 Å². The van der Waals surface area contributed by atoms with Gasteiger partial charge in [0.1, 0.15) is 5.82 Å². The fourth-order valence-electron chi connectivity index (χ4n) is 3.21. The highest BCUT2D eigenvalue weighted by atomic mass is 19.4. The molecular weight excluding hydrogens is 381 g/mol. The highest BCUT2D eigenvalue weighted by molar-refractivity contribution is 5.93. The molecule has 0 aliphatic rings. The third-order valence-corrected chi connectivity index (χ3v) is 4.65. The van der Waals surface area contributed by atoms with Crippen LogP contribution in [0.15, 0.2) is 72.8 Å². The van der Waals surface area contributed by atoms with Crippen molar-refractivity contribution in [1.82, 2.24) is 9.55 Å². The molecule has 0 aliphatic carbocycles. The van der Waals surface area contributed by atoms with Gasteiger partial charge in [-0.1, -0.05) is 42.5 Å². The smallest absolute Gasteiger partial charge is 0.416 e. The first-order chi connectivity index (χ1) is 13.8. The van der Waals surface area contributed by atoms with Gasteiger partial charge >= 0.3 is 12.1 Å². The quantitative estimate of drug-likeness (QED) is 0.498. The number of halogens is 3. The molecule has 1 heterocycles. The maximum absolute atomic E-state index is 12.8. The highest BCUT2D eigenvalue weighted by Crippen LogP contribution is 2.30. The van der Waals surface area contributed by atoms with Crippen molar-refractivity contribution in [3.8, 4) is 11.4 Å². The van der Waals surface area contributed by atoms with Crippen molar-refractivity contribution in [1.29, 1.82) is 0 Å². The van der Waals surface area contributed by atoms with Crippen LogP contribution in [0.25, 0.3) is 22.4 Å². The first-order valence-electron chi connectivity index (χ1n) is 8.78. The maximum atomic E-state index is 12.8. The SMILES string of the molecule is O=C(O)c1ccc2c(c1)nc(-c1ccccc1)n2Cc1ccc(C(F)(F)F)cc1. The zero-order chi connectivity index (χ0) is 20.6. The van der Waals surface area contributed by atoms with Crippen LogP contribution in [0.3, 0.4) is 0 Å². The van der Waals surface area contributed by atoms with Crippen LogP contribution < -0.4 is 0 Å². The highest BCUT2D eigenvalue weighted by Gasteiger charge is 2.30. The molecule has 7 heteroatoms. The lowest BCUT2D eigenvalue weighted by atomic mass is 10.1. The second-order valence-corrected chi connectivity index (χ2v) is 6.59. The zero-order valence-corrected chi connectivity index (χ0v) is 15.0. The Bertz CT molecular complexity index is 1180. The van der Waals surface area contributed by atoms with Gasteiger partial charge in [0.15, 0.2) is 0 Å². The summed E-state index contributed by atoms with van der Waals surface area (Å²) in [5, 5.41) is 9.24. The summed E-state index contributed by atoms with van der Waals surface area (Å²) < 4.78 is 40.4. The molecule has 3 aromatic carbocycles. The molecule has 0 amide bonds. The lowest BCUT2D eigenvalue weighted by molar-refractivity contribution is -0.137. The average molecular weight is 396 g/mol. The number of aromatic carboxylic acids is 1. The standard InChI is InChI=1S/C22H15F3N2O2/c23-22(24,25)17-9-6-14(7-10-17)13-27-19-11-8-16(21(28)29)12-18(19)26-20(27)15-4-2-1-3-5-15/h1-12H,13H2,(H,28,29). The molecule has 0 radical (unpaired) electrons. The summed E-state index contributed by atoms with van der Waals surface area (Å²) in [5.74, 6) is -0.437. The van der Waals surface area contributed by atoms with Gasteiger partial charge in [0.05, 0.1) is 22.2 Å². The van der Waals surface area contributed by atoms with Crippen LogP contribution in [0.4, 0.5) is 13.2 Å². The molecule has 29 heavy (non-hydrogen) atoms. The number of benzene rings is 3. The lowest BCUT2D eigenvalue weighted by Gasteiger charge is -2.11. The average Bonchev–Trinajstić information content (AvgIpc) is 3.06. The van der Waals surface area contributed by atoms with E-state index in [0.29, 0.717) is 29.0 Å². The van der Waals surface area contributed by atoms with Crippen molar-refractivity contribution in [3.63, 3.8) is 0 Å². The van der Waals surface area contributed by atoms with Crippen LogP contribution in [0, 0.1) is 0 Å². The Labute approximate surface area is 163 Å². The van der Waals surface area contributed by atoms with Gasteiger partial charge in [-0.2, -0.15) is 13.2 Å². The number of alkyl halides is 3. The Morgan fingerprint density at radius 2 is 1.66 bits per heavy atom. The molecule has 4 rings (SSSR count). The van der Waals surface area contributed by atoms with Crippen LogP contribution in [0.5, 0.6) is 0 Å². The van der Waals surface area contributed by atoms with Crippen LogP contribution in [-0.4, -0.2) is 20.6 Å². The lowest BCUT2D eigenvalue weighted by Crippen LogP contribution is -2.06. The van der Waals surface area contributed by atoms with E-state index in [0.717, 1.165) is 17.7 Å². The number of carbonyl (C=O) groups is 1. The number of carboxylic acids is 1. The van der Waals surface area contributed by atoms with Gasteiger partial charge in [0.25, 0.3) is 0 Å².